The van der Waals surface area contributed by atoms with Crippen molar-refractivity contribution in [1.82, 2.24) is 9.78 Å². The maximum atomic E-state index is 12.2. The topological polar surface area (TPSA) is 72.9 Å². The van der Waals surface area contributed by atoms with Gasteiger partial charge in [0.05, 0.1) is 22.6 Å². The summed E-state index contributed by atoms with van der Waals surface area (Å²) in [6, 6.07) is 5.43. The lowest BCUT2D eigenvalue weighted by atomic mass is 10.2. The Hall–Kier alpha value is -2.01. The van der Waals surface area contributed by atoms with Gasteiger partial charge in [0.25, 0.3) is 5.91 Å². The number of hydrogen-bond acceptors (Lipinski definition) is 3. The summed E-state index contributed by atoms with van der Waals surface area (Å²) in [4.78, 5) is 12.2. The highest BCUT2D eigenvalue weighted by Crippen LogP contribution is 2.24. The molecule has 0 spiro atoms. The summed E-state index contributed by atoms with van der Waals surface area (Å²) in [5.74, 6) is -0.317. The average Bonchev–Trinajstić information content (AvgIpc) is 2.74. The highest BCUT2D eigenvalue weighted by atomic mass is 35.5. The summed E-state index contributed by atoms with van der Waals surface area (Å²) in [7, 11) is 0. The molecule has 6 heteroatoms. The largest absolute Gasteiger partial charge is 0.396 e. The second-order valence-corrected chi connectivity index (χ2v) is 4.61. The van der Waals surface area contributed by atoms with Crippen LogP contribution in [0.4, 0.5) is 11.4 Å². The third kappa shape index (κ3) is 2.71. The Morgan fingerprint density at radius 1 is 1.53 bits per heavy atom. The smallest absolute Gasteiger partial charge is 0.276 e. The van der Waals surface area contributed by atoms with Crippen molar-refractivity contribution in [2.24, 2.45) is 0 Å². The Bertz CT molecular complexity index is 621. The maximum absolute atomic E-state index is 12.2. The van der Waals surface area contributed by atoms with Crippen molar-refractivity contribution in [3.05, 3.63) is 40.7 Å². The lowest BCUT2D eigenvalue weighted by Gasteiger charge is -2.09. The molecule has 0 saturated carbocycles. The van der Waals surface area contributed by atoms with Gasteiger partial charge in [0.15, 0.2) is 0 Å². The minimum Gasteiger partial charge on any atom is -0.396 e. The van der Waals surface area contributed by atoms with Crippen LogP contribution < -0.4 is 11.1 Å². The standard InChI is InChI=1S/C13H15ClN4O/c1-3-18-12(10(15)7-16-18)13(19)17-11-5-4-8(2)6-9(11)14/h4-7H,3,15H2,1-2H3,(H,17,19). The van der Waals surface area contributed by atoms with E-state index in [2.05, 4.69) is 10.4 Å². The minimum absolute atomic E-state index is 0.317. The summed E-state index contributed by atoms with van der Waals surface area (Å²) in [5.41, 5.74) is 8.04. The number of halogens is 1. The van der Waals surface area contributed by atoms with E-state index in [4.69, 9.17) is 17.3 Å². The molecular formula is C13H15ClN4O. The zero-order valence-corrected chi connectivity index (χ0v) is 11.5. The molecule has 2 rings (SSSR count). The van der Waals surface area contributed by atoms with Crippen molar-refractivity contribution in [1.29, 1.82) is 0 Å². The molecule has 0 radical (unpaired) electrons. The molecule has 1 aromatic heterocycles. The van der Waals surface area contributed by atoms with E-state index < -0.39 is 0 Å². The van der Waals surface area contributed by atoms with Crippen LogP contribution in [0.2, 0.25) is 5.02 Å². The molecular weight excluding hydrogens is 264 g/mol. The van der Waals surface area contributed by atoms with Crippen LogP contribution in [0.15, 0.2) is 24.4 Å². The van der Waals surface area contributed by atoms with Crippen LogP contribution in [-0.2, 0) is 6.54 Å². The van der Waals surface area contributed by atoms with E-state index in [9.17, 15) is 4.79 Å². The first kappa shape index (κ1) is 13.4. The summed E-state index contributed by atoms with van der Waals surface area (Å²) >= 11 is 6.08. The zero-order valence-electron chi connectivity index (χ0n) is 10.8. The molecule has 0 fully saturated rings. The molecule has 1 aromatic carbocycles. The lowest BCUT2D eigenvalue weighted by Crippen LogP contribution is -2.19. The second-order valence-electron chi connectivity index (χ2n) is 4.20. The number of anilines is 2. The monoisotopic (exact) mass is 278 g/mol. The van der Waals surface area contributed by atoms with E-state index in [-0.39, 0.29) is 5.91 Å². The third-order valence-electron chi connectivity index (χ3n) is 2.76. The van der Waals surface area contributed by atoms with Gasteiger partial charge in [-0.3, -0.25) is 9.48 Å². The predicted molar refractivity (Wildman–Crippen MR) is 76.5 cm³/mol. The molecule has 0 aliphatic carbocycles. The van der Waals surface area contributed by atoms with Gasteiger partial charge in [-0.1, -0.05) is 17.7 Å². The summed E-state index contributed by atoms with van der Waals surface area (Å²) in [6.45, 7) is 4.39. The van der Waals surface area contributed by atoms with Crippen LogP contribution in [0.5, 0.6) is 0 Å². The van der Waals surface area contributed by atoms with Crippen LogP contribution in [0, 0.1) is 6.92 Å². The van der Waals surface area contributed by atoms with Crippen LogP contribution in [-0.4, -0.2) is 15.7 Å². The highest BCUT2D eigenvalue weighted by molar-refractivity contribution is 6.34. The zero-order chi connectivity index (χ0) is 14.0. The first-order valence-corrected chi connectivity index (χ1v) is 6.29. The first-order valence-electron chi connectivity index (χ1n) is 5.91. The predicted octanol–water partition coefficient (Wildman–Crippen LogP) is 2.70. The fourth-order valence-corrected chi connectivity index (χ4v) is 2.07. The Labute approximate surface area is 116 Å². The quantitative estimate of drug-likeness (QED) is 0.907. The van der Waals surface area contributed by atoms with Gasteiger partial charge in [0.2, 0.25) is 0 Å². The number of nitrogens with zero attached hydrogens (tertiary/aromatic N) is 2. The van der Waals surface area contributed by atoms with Gasteiger partial charge >= 0.3 is 0 Å². The normalized spacial score (nSPS) is 10.5. The van der Waals surface area contributed by atoms with Gasteiger partial charge in [-0.15, -0.1) is 0 Å². The third-order valence-corrected chi connectivity index (χ3v) is 3.07. The fourth-order valence-electron chi connectivity index (χ4n) is 1.79. The fraction of sp³-hybridized carbons (Fsp3) is 0.231. The molecule has 0 unspecified atom stereocenters. The van der Waals surface area contributed by atoms with Crippen molar-refractivity contribution in [2.75, 3.05) is 11.1 Å². The molecule has 1 heterocycles. The van der Waals surface area contributed by atoms with Gasteiger partial charge in [-0.05, 0) is 31.5 Å². The number of aromatic nitrogens is 2. The maximum Gasteiger partial charge on any atom is 0.276 e. The van der Waals surface area contributed by atoms with Gasteiger partial charge in [0.1, 0.15) is 5.69 Å². The Morgan fingerprint density at radius 3 is 2.89 bits per heavy atom. The van der Waals surface area contributed by atoms with Gasteiger partial charge in [-0.2, -0.15) is 5.10 Å². The van der Waals surface area contributed by atoms with Crippen LogP contribution in [0.1, 0.15) is 23.0 Å². The number of amides is 1. The molecule has 0 saturated heterocycles. The summed E-state index contributed by atoms with van der Waals surface area (Å²) in [5, 5.41) is 7.27. The van der Waals surface area contributed by atoms with E-state index in [1.807, 2.05) is 19.9 Å². The molecule has 0 atom stereocenters. The molecule has 5 nitrogen and oxygen atoms in total. The van der Waals surface area contributed by atoms with Crippen LogP contribution in [0.25, 0.3) is 0 Å². The van der Waals surface area contributed by atoms with E-state index in [1.165, 1.54) is 6.20 Å². The van der Waals surface area contributed by atoms with Gasteiger partial charge in [0, 0.05) is 6.54 Å². The van der Waals surface area contributed by atoms with Gasteiger partial charge < -0.3 is 11.1 Å². The summed E-state index contributed by atoms with van der Waals surface area (Å²) in [6.07, 6.45) is 1.47. The molecule has 0 aliphatic rings. The molecule has 0 aliphatic heterocycles. The number of hydrogen-bond donors (Lipinski definition) is 2. The number of nitrogens with one attached hydrogen (secondary N) is 1. The first-order chi connectivity index (χ1) is 9.02. The lowest BCUT2D eigenvalue weighted by molar-refractivity contribution is 0.101. The minimum atomic E-state index is -0.317. The molecule has 0 bridgehead atoms. The number of aryl methyl sites for hydroxylation is 2. The van der Waals surface area contributed by atoms with Crippen molar-refractivity contribution >= 4 is 28.9 Å². The Kier molecular flexibility index (Phi) is 3.76. The average molecular weight is 279 g/mol. The van der Waals surface area contributed by atoms with Crippen LogP contribution >= 0.6 is 11.6 Å². The van der Waals surface area contributed by atoms with E-state index in [0.717, 1.165) is 5.56 Å². The number of nitrogen functional groups attached to an aromatic ring is 1. The highest BCUT2D eigenvalue weighted by Gasteiger charge is 2.17. The van der Waals surface area contributed by atoms with Crippen molar-refractivity contribution in [3.8, 4) is 0 Å². The second kappa shape index (κ2) is 5.32. The van der Waals surface area contributed by atoms with E-state index >= 15 is 0 Å². The molecule has 100 valence electrons. The van der Waals surface area contributed by atoms with E-state index in [1.54, 1.807) is 16.8 Å². The molecule has 3 N–H and O–H groups in total. The van der Waals surface area contributed by atoms with E-state index in [0.29, 0.717) is 28.6 Å². The van der Waals surface area contributed by atoms with Crippen molar-refractivity contribution in [2.45, 2.75) is 20.4 Å². The molecule has 19 heavy (non-hydrogen) atoms. The van der Waals surface area contributed by atoms with Crippen molar-refractivity contribution < 1.29 is 4.79 Å². The SMILES string of the molecule is CCn1ncc(N)c1C(=O)Nc1ccc(C)cc1Cl. The number of benzene rings is 1. The van der Waals surface area contributed by atoms with Crippen molar-refractivity contribution in [3.63, 3.8) is 0 Å². The number of rotatable bonds is 3. The molecule has 1 amide bonds. The number of carbonyl (C=O) groups is 1. The Balaban J connectivity index is 2.28. The summed E-state index contributed by atoms with van der Waals surface area (Å²) < 4.78 is 1.55. The molecule has 2 aromatic rings. The number of nitrogens with two attached hydrogens (primary N) is 1. The van der Waals surface area contributed by atoms with Gasteiger partial charge in [-0.25, -0.2) is 0 Å². The Morgan fingerprint density at radius 2 is 2.26 bits per heavy atom. The number of carbonyl (C=O) groups excluding carboxylic acids is 1. The van der Waals surface area contributed by atoms with Crippen LogP contribution in [0.3, 0.4) is 0 Å².